The van der Waals surface area contributed by atoms with Gasteiger partial charge in [0.2, 0.25) is 0 Å². The van der Waals surface area contributed by atoms with Crippen molar-refractivity contribution in [3.63, 3.8) is 0 Å². The summed E-state index contributed by atoms with van der Waals surface area (Å²) in [4.78, 5) is 3.19. The van der Waals surface area contributed by atoms with Crippen LogP contribution in [0.5, 0.6) is 0 Å². The molecular weight excluding hydrogens is 293 g/mol. The van der Waals surface area contributed by atoms with Gasteiger partial charge in [-0.2, -0.15) is 0 Å². The second-order valence-corrected chi connectivity index (χ2v) is 5.77. The molecule has 0 amide bonds. The Balaban J connectivity index is 2.36. The molecule has 0 fully saturated rings. The molecular formula is C11H9ClFN3O2S. The monoisotopic (exact) mass is 301 g/mol. The fourth-order valence-electron chi connectivity index (χ4n) is 1.36. The summed E-state index contributed by atoms with van der Waals surface area (Å²) in [7, 11) is -3.95. The van der Waals surface area contributed by atoms with Crippen molar-refractivity contribution in [1.82, 2.24) is 4.98 Å². The topological polar surface area (TPSA) is 85.1 Å². The first kappa shape index (κ1) is 13.6. The molecule has 100 valence electrons. The first-order valence-electron chi connectivity index (χ1n) is 5.07. The lowest BCUT2D eigenvalue weighted by molar-refractivity contribution is 0.592. The maximum Gasteiger partial charge on any atom is 0.263 e. The molecule has 19 heavy (non-hydrogen) atoms. The Morgan fingerprint density at radius 2 is 2.00 bits per heavy atom. The molecule has 0 unspecified atom stereocenters. The summed E-state index contributed by atoms with van der Waals surface area (Å²) >= 11 is 5.86. The number of benzene rings is 1. The number of pyridine rings is 1. The number of anilines is 2. The standard InChI is InChI=1S/C11H9ClFN3O2S/c12-10-4-8(14)1-2-11(10)16-19(17,18)9-3-7(13)5-15-6-9/h1-6,16H,14H2. The van der Waals surface area contributed by atoms with Crippen LogP contribution in [0.25, 0.3) is 0 Å². The van der Waals surface area contributed by atoms with Crippen molar-refractivity contribution in [2.45, 2.75) is 4.90 Å². The predicted molar refractivity (Wildman–Crippen MR) is 70.9 cm³/mol. The third kappa shape index (κ3) is 3.12. The van der Waals surface area contributed by atoms with Crippen LogP contribution in [0, 0.1) is 5.82 Å². The maximum absolute atomic E-state index is 13.0. The van der Waals surface area contributed by atoms with E-state index in [9.17, 15) is 12.8 Å². The zero-order valence-corrected chi connectivity index (χ0v) is 11.0. The molecule has 5 nitrogen and oxygen atoms in total. The van der Waals surface area contributed by atoms with Gasteiger partial charge in [-0.05, 0) is 24.3 Å². The number of sulfonamides is 1. The van der Waals surface area contributed by atoms with Crippen molar-refractivity contribution in [3.8, 4) is 0 Å². The van der Waals surface area contributed by atoms with Gasteiger partial charge in [0.1, 0.15) is 10.7 Å². The second kappa shape index (κ2) is 5.02. The summed E-state index contributed by atoms with van der Waals surface area (Å²) in [5.41, 5.74) is 6.06. The number of hydrogen-bond acceptors (Lipinski definition) is 4. The van der Waals surface area contributed by atoms with Crippen molar-refractivity contribution < 1.29 is 12.8 Å². The zero-order chi connectivity index (χ0) is 14.0. The highest BCUT2D eigenvalue weighted by molar-refractivity contribution is 7.92. The number of halogens is 2. The summed E-state index contributed by atoms with van der Waals surface area (Å²) in [5.74, 6) is -0.744. The number of hydrogen-bond donors (Lipinski definition) is 2. The molecule has 0 aliphatic rings. The van der Waals surface area contributed by atoms with Gasteiger partial charge >= 0.3 is 0 Å². The van der Waals surface area contributed by atoms with Gasteiger partial charge in [-0.15, -0.1) is 0 Å². The Morgan fingerprint density at radius 3 is 2.63 bits per heavy atom. The van der Waals surface area contributed by atoms with Crippen LogP contribution in [-0.2, 0) is 10.0 Å². The van der Waals surface area contributed by atoms with Crippen LogP contribution in [0.15, 0.2) is 41.6 Å². The van der Waals surface area contributed by atoms with Gasteiger partial charge in [-0.1, -0.05) is 11.6 Å². The minimum Gasteiger partial charge on any atom is -0.399 e. The summed E-state index contributed by atoms with van der Waals surface area (Å²) in [6.07, 6.45) is 1.95. The first-order chi connectivity index (χ1) is 8.88. The van der Waals surface area contributed by atoms with Crippen LogP contribution in [-0.4, -0.2) is 13.4 Å². The van der Waals surface area contributed by atoms with E-state index in [1.54, 1.807) is 0 Å². The van der Waals surface area contributed by atoms with Crippen LogP contribution in [0.4, 0.5) is 15.8 Å². The van der Waals surface area contributed by atoms with E-state index in [1.165, 1.54) is 18.2 Å². The van der Waals surface area contributed by atoms with E-state index < -0.39 is 15.8 Å². The smallest absolute Gasteiger partial charge is 0.263 e. The van der Waals surface area contributed by atoms with Gasteiger partial charge in [-0.25, -0.2) is 12.8 Å². The molecule has 0 saturated carbocycles. The minimum atomic E-state index is -3.95. The van der Waals surface area contributed by atoms with Gasteiger partial charge in [0.25, 0.3) is 10.0 Å². The number of nitrogen functional groups attached to an aromatic ring is 1. The van der Waals surface area contributed by atoms with E-state index in [0.29, 0.717) is 5.69 Å². The molecule has 8 heteroatoms. The number of nitrogens with zero attached hydrogens (tertiary/aromatic N) is 1. The van der Waals surface area contributed by atoms with Gasteiger partial charge in [-0.3, -0.25) is 9.71 Å². The number of rotatable bonds is 3. The predicted octanol–water partition coefficient (Wildman–Crippen LogP) is 2.26. The molecule has 2 aromatic rings. The third-order valence-electron chi connectivity index (χ3n) is 2.23. The lowest BCUT2D eigenvalue weighted by Crippen LogP contribution is -2.13. The van der Waals surface area contributed by atoms with Crippen molar-refractivity contribution in [2.75, 3.05) is 10.5 Å². The molecule has 1 heterocycles. The molecule has 0 atom stereocenters. The molecule has 0 saturated heterocycles. The minimum absolute atomic E-state index is 0.146. The van der Waals surface area contributed by atoms with Crippen molar-refractivity contribution in [2.24, 2.45) is 0 Å². The van der Waals surface area contributed by atoms with E-state index in [0.717, 1.165) is 18.5 Å². The fraction of sp³-hybridized carbons (Fsp3) is 0. The van der Waals surface area contributed by atoms with Crippen molar-refractivity contribution in [1.29, 1.82) is 0 Å². The summed E-state index contributed by atoms with van der Waals surface area (Å²) in [6, 6.07) is 5.18. The van der Waals surface area contributed by atoms with Gasteiger partial charge in [0.15, 0.2) is 0 Å². The highest BCUT2D eigenvalue weighted by atomic mass is 35.5. The van der Waals surface area contributed by atoms with Crippen LogP contribution in [0.1, 0.15) is 0 Å². The van der Waals surface area contributed by atoms with Crippen LogP contribution in [0.2, 0.25) is 5.02 Å². The lowest BCUT2D eigenvalue weighted by Gasteiger charge is -2.09. The summed E-state index contributed by atoms with van der Waals surface area (Å²) in [6.45, 7) is 0. The van der Waals surface area contributed by atoms with Gasteiger partial charge < -0.3 is 5.73 Å². The Bertz CT molecular complexity index is 722. The average molecular weight is 302 g/mol. The van der Waals surface area contributed by atoms with Crippen LogP contribution in [0.3, 0.4) is 0 Å². The molecule has 0 bridgehead atoms. The molecule has 0 aliphatic carbocycles. The van der Waals surface area contributed by atoms with Crippen molar-refractivity contribution in [3.05, 3.63) is 47.5 Å². The Morgan fingerprint density at radius 1 is 1.26 bits per heavy atom. The third-order valence-corrected chi connectivity index (χ3v) is 3.87. The SMILES string of the molecule is Nc1ccc(NS(=O)(=O)c2cncc(F)c2)c(Cl)c1. The first-order valence-corrected chi connectivity index (χ1v) is 6.93. The summed E-state index contributed by atoms with van der Waals surface area (Å²) in [5, 5.41) is 0.146. The highest BCUT2D eigenvalue weighted by Gasteiger charge is 2.16. The van der Waals surface area contributed by atoms with Crippen molar-refractivity contribution >= 4 is 33.0 Å². The number of aromatic nitrogens is 1. The number of nitrogens with one attached hydrogen (secondary N) is 1. The molecule has 0 radical (unpaired) electrons. The quantitative estimate of drug-likeness (QED) is 0.852. The van der Waals surface area contributed by atoms with E-state index in [-0.39, 0.29) is 15.6 Å². The largest absolute Gasteiger partial charge is 0.399 e. The Kier molecular flexibility index (Phi) is 3.59. The Labute approximate surface area is 114 Å². The van der Waals surface area contributed by atoms with Crippen LogP contribution < -0.4 is 10.5 Å². The average Bonchev–Trinajstić information content (AvgIpc) is 2.33. The normalized spacial score (nSPS) is 11.3. The van der Waals surface area contributed by atoms with E-state index in [4.69, 9.17) is 17.3 Å². The lowest BCUT2D eigenvalue weighted by atomic mass is 10.3. The molecule has 1 aromatic heterocycles. The molecule has 0 spiro atoms. The van der Waals surface area contributed by atoms with Gasteiger partial charge in [0, 0.05) is 11.9 Å². The van der Waals surface area contributed by atoms with Crippen LogP contribution >= 0.6 is 11.6 Å². The van der Waals surface area contributed by atoms with E-state index in [1.807, 2.05) is 0 Å². The molecule has 1 aromatic carbocycles. The number of nitrogens with two attached hydrogens (primary N) is 1. The molecule has 3 N–H and O–H groups in total. The Hall–Kier alpha value is -1.86. The second-order valence-electron chi connectivity index (χ2n) is 3.68. The van der Waals surface area contributed by atoms with E-state index in [2.05, 4.69) is 9.71 Å². The molecule has 2 rings (SSSR count). The van der Waals surface area contributed by atoms with Gasteiger partial charge in [0.05, 0.1) is 16.9 Å². The highest BCUT2D eigenvalue weighted by Crippen LogP contribution is 2.26. The zero-order valence-electron chi connectivity index (χ0n) is 9.47. The van der Waals surface area contributed by atoms with E-state index >= 15 is 0 Å². The maximum atomic E-state index is 13.0. The fourth-order valence-corrected chi connectivity index (χ4v) is 2.70. The molecule has 0 aliphatic heterocycles. The summed E-state index contributed by atoms with van der Waals surface area (Å²) < 4.78 is 39.2.